The van der Waals surface area contributed by atoms with Crippen LogP contribution in [0, 0.1) is 0 Å². The number of nitrogens with two attached hydrogens (primary N) is 2. The van der Waals surface area contributed by atoms with Gasteiger partial charge in [0.15, 0.2) is 12.2 Å². The first-order chi connectivity index (χ1) is 14.2. The first-order valence-corrected chi connectivity index (χ1v) is 9.15. The molecule has 4 atom stereocenters. The number of rotatable bonds is 9. The second-order valence-electron chi connectivity index (χ2n) is 6.79. The van der Waals surface area contributed by atoms with Crippen molar-refractivity contribution in [3.63, 3.8) is 0 Å². The van der Waals surface area contributed by atoms with E-state index in [2.05, 4.69) is 10.6 Å². The van der Waals surface area contributed by atoms with Gasteiger partial charge in [-0.2, -0.15) is 0 Å². The molecule has 2 aromatic rings. The minimum atomic E-state index is -2.09. The van der Waals surface area contributed by atoms with Crippen LogP contribution in [0.1, 0.15) is 11.1 Å². The van der Waals surface area contributed by atoms with E-state index in [9.17, 15) is 30.0 Å². The summed E-state index contributed by atoms with van der Waals surface area (Å²) in [5, 5.41) is 44.6. The molecule has 0 aliphatic carbocycles. The van der Waals surface area contributed by atoms with Gasteiger partial charge >= 0.3 is 0 Å². The maximum Gasteiger partial charge on any atom is 0.251 e. The van der Waals surface area contributed by atoms with Gasteiger partial charge in [-0.3, -0.25) is 9.59 Å². The molecule has 0 aromatic heterocycles. The molecule has 30 heavy (non-hydrogen) atoms. The third-order valence-electron chi connectivity index (χ3n) is 4.43. The Balaban J connectivity index is 1.84. The fourth-order valence-electron chi connectivity index (χ4n) is 2.54. The Labute approximate surface area is 173 Å². The van der Waals surface area contributed by atoms with Crippen LogP contribution in [-0.2, 0) is 22.7 Å². The van der Waals surface area contributed by atoms with Crippen LogP contribution in [0.3, 0.4) is 0 Å². The Hall–Kier alpha value is -3.18. The van der Waals surface area contributed by atoms with Crippen molar-refractivity contribution in [3.05, 3.63) is 59.7 Å². The van der Waals surface area contributed by atoms with E-state index in [1.807, 2.05) is 0 Å². The number of carbonyl (C=O) groups is 2. The first kappa shape index (κ1) is 23.1. The van der Waals surface area contributed by atoms with Crippen LogP contribution < -0.4 is 22.1 Å². The highest BCUT2D eigenvalue weighted by molar-refractivity contribution is 5.83. The number of anilines is 2. The number of nitrogen functional groups attached to an aromatic ring is 2. The fourth-order valence-corrected chi connectivity index (χ4v) is 2.54. The molecule has 0 bridgehead atoms. The number of amides is 2. The van der Waals surface area contributed by atoms with Crippen LogP contribution >= 0.6 is 0 Å². The summed E-state index contributed by atoms with van der Waals surface area (Å²) in [4.78, 5) is 24.0. The van der Waals surface area contributed by atoms with Gasteiger partial charge in [0.1, 0.15) is 12.2 Å². The van der Waals surface area contributed by atoms with Gasteiger partial charge in [0.2, 0.25) is 0 Å². The van der Waals surface area contributed by atoms with E-state index < -0.39 is 36.2 Å². The van der Waals surface area contributed by atoms with Crippen molar-refractivity contribution < 1.29 is 30.0 Å². The van der Waals surface area contributed by atoms with Crippen molar-refractivity contribution in [1.82, 2.24) is 10.6 Å². The van der Waals surface area contributed by atoms with Crippen molar-refractivity contribution in [3.8, 4) is 0 Å². The highest BCUT2D eigenvalue weighted by atomic mass is 16.4. The number of hydrogen-bond acceptors (Lipinski definition) is 8. The van der Waals surface area contributed by atoms with Gasteiger partial charge in [0, 0.05) is 24.5 Å². The molecule has 2 rings (SSSR count). The van der Waals surface area contributed by atoms with E-state index in [1.54, 1.807) is 48.5 Å². The zero-order valence-electron chi connectivity index (χ0n) is 16.1. The van der Waals surface area contributed by atoms with E-state index >= 15 is 0 Å². The van der Waals surface area contributed by atoms with Crippen molar-refractivity contribution in [2.75, 3.05) is 11.5 Å². The third kappa shape index (κ3) is 6.42. The molecule has 162 valence electrons. The molecule has 0 saturated heterocycles. The molecule has 10 nitrogen and oxygen atoms in total. The maximum atomic E-state index is 12.0. The zero-order valence-corrected chi connectivity index (χ0v) is 16.1. The highest BCUT2D eigenvalue weighted by Crippen LogP contribution is 2.09. The molecule has 0 saturated carbocycles. The lowest BCUT2D eigenvalue weighted by atomic mass is 10.0. The summed E-state index contributed by atoms with van der Waals surface area (Å²) in [5.41, 5.74) is 13.6. The molecule has 0 aliphatic rings. The molecule has 2 aromatic carbocycles. The standard InChI is InChI=1S/C20H26N4O6/c21-13-5-1-11(2-6-13)9-23-19(29)17(27)15(25)16(26)18(28)20(30)24-10-12-3-7-14(22)8-4-12/h1-8,15-18,25-28H,9-10,21-22H2,(H,23,29)(H,24,30)/t15-,16+,17+,18-. The molecular weight excluding hydrogens is 392 g/mol. The van der Waals surface area contributed by atoms with Crippen LogP contribution in [0.5, 0.6) is 0 Å². The fraction of sp³-hybridized carbons (Fsp3) is 0.300. The predicted octanol–water partition coefficient (Wildman–Crippen LogP) is -1.77. The van der Waals surface area contributed by atoms with E-state index in [4.69, 9.17) is 11.5 Å². The molecule has 0 spiro atoms. The Morgan fingerprint density at radius 2 is 0.967 bits per heavy atom. The smallest absolute Gasteiger partial charge is 0.251 e. The largest absolute Gasteiger partial charge is 0.399 e. The number of aliphatic hydroxyl groups excluding tert-OH is 4. The van der Waals surface area contributed by atoms with Gasteiger partial charge < -0.3 is 42.5 Å². The van der Waals surface area contributed by atoms with Crippen molar-refractivity contribution in [1.29, 1.82) is 0 Å². The van der Waals surface area contributed by atoms with E-state index in [0.29, 0.717) is 22.5 Å². The van der Waals surface area contributed by atoms with E-state index in [1.165, 1.54) is 0 Å². The minimum absolute atomic E-state index is 0.0453. The number of hydrogen-bond donors (Lipinski definition) is 8. The summed E-state index contributed by atoms with van der Waals surface area (Å²) in [6.07, 6.45) is -8.30. The lowest BCUT2D eigenvalue weighted by molar-refractivity contribution is -0.155. The quantitative estimate of drug-likeness (QED) is 0.219. The summed E-state index contributed by atoms with van der Waals surface area (Å²) in [5.74, 6) is -1.96. The third-order valence-corrected chi connectivity index (χ3v) is 4.43. The van der Waals surface area contributed by atoms with Crippen LogP contribution in [0.25, 0.3) is 0 Å². The molecular formula is C20H26N4O6. The van der Waals surface area contributed by atoms with Crippen LogP contribution in [0.4, 0.5) is 11.4 Å². The van der Waals surface area contributed by atoms with Gasteiger partial charge in [-0.15, -0.1) is 0 Å². The number of benzene rings is 2. The Morgan fingerprint density at radius 3 is 1.27 bits per heavy atom. The number of carbonyl (C=O) groups excluding carboxylic acids is 2. The van der Waals surface area contributed by atoms with Crippen LogP contribution in [0.15, 0.2) is 48.5 Å². The zero-order chi connectivity index (χ0) is 22.3. The summed E-state index contributed by atoms with van der Waals surface area (Å²) in [7, 11) is 0. The Morgan fingerprint density at radius 1 is 0.667 bits per heavy atom. The second kappa shape index (κ2) is 10.6. The molecule has 0 fully saturated rings. The summed E-state index contributed by atoms with van der Waals surface area (Å²) < 4.78 is 0. The minimum Gasteiger partial charge on any atom is -0.399 e. The van der Waals surface area contributed by atoms with E-state index in [-0.39, 0.29) is 13.1 Å². The normalized spacial score (nSPS) is 14.9. The molecule has 0 aliphatic heterocycles. The van der Waals surface area contributed by atoms with E-state index in [0.717, 1.165) is 0 Å². The van der Waals surface area contributed by atoms with Crippen molar-refractivity contribution in [2.24, 2.45) is 0 Å². The number of nitrogens with one attached hydrogen (secondary N) is 2. The second-order valence-corrected chi connectivity index (χ2v) is 6.79. The average Bonchev–Trinajstić information content (AvgIpc) is 2.75. The SMILES string of the molecule is Nc1ccc(CNC(=O)[C@@H](O)[C@H](O)[C@H](O)[C@@H](O)C(=O)NCc2ccc(N)cc2)cc1. The van der Waals surface area contributed by atoms with Crippen molar-refractivity contribution >= 4 is 23.2 Å². The van der Waals surface area contributed by atoms with Crippen LogP contribution in [0.2, 0.25) is 0 Å². The van der Waals surface area contributed by atoms with Gasteiger partial charge in [0.05, 0.1) is 0 Å². The predicted molar refractivity (Wildman–Crippen MR) is 109 cm³/mol. The van der Waals surface area contributed by atoms with Gasteiger partial charge in [-0.25, -0.2) is 0 Å². The number of aliphatic hydroxyl groups is 4. The van der Waals surface area contributed by atoms with Gasteiger partial charge in [0.25, 0.3) is 11.8 Å². The Bertz CT molecular complexity index is 772. The van der Waals surface area contributed by atoms with Crippen molar-refractivity contribution in [2.45, 2.75) is 37.5 Å². The summed E-state index contributed by atoms with van der Waals surface area (Å²) in [6.45, 7) is 0.0905. The molecule has 10 N–H and O–H groups in total. The lowest BCUT2D eigenvalue weighted by Crippen LogP contribution is -2.54. The average molecular weight is 418 g/mol. The summed E-state index contributed by atoms with van der Waals surface area (Å²) >= 11 is 0. The summed E-state index contributed by atoms with van der Waals surface area (Å²) in [6, 6.07) is 13.2. The maximum absolute atomic E-state index is 12.0. The molecule has 0 radical (unpaired) electrons. The first-order valence-electron chi connectivity index (χ1n) is 9.15. The molecule has 10 heteroatoms. The molecule has 0 heterocycles. The monoisotopic (exact) mass is 418 g/mol. The lowest BCUT2D eigenvalue weighted by Gasteiger charge is -2.25. The van der Waals surface area contributed by atoms with Gasteiger partial charge in [-0.05, 0) is 35.4 Å². The molecule has 0 unspecified atom stereocenters. The van der Waals surface area contributed by atoms with Crippen LogP contribution in [-0.4, -0.2) is 56.7 Å². The highest BCUT2D eigenvalue weighted by Gasteiger charge is 2.37. The topological polar surface area (TPSA) is 191 Å². The molecule has 2 amide bonds. The Kier molecular flexibility index (Phi) is 8.13. The van der Waals surface area contributed by atoms with Gasteiger partial charge in [-0.1, -0.05) is 24.3 Å².